The first-order chi connectivity index (χ1) is 17.8. The van der Waals surface area contributed by atoms with Crippen LogP contribution in [0.5, 0.6) is 0 Å². The van der Waals surface area contributed by atoms with E-state index in [0.29, 0.717) is 18.8 Å². The monoisotopic (exact) mass is 482 g/mol. The number of benzene rings is 1. The van der Waals surface area contributed by atoms with Gasteiger partial charge in [-0.3, -0.25) is 15.0 Å². The number of allylic oxidation sites excluding steroid dienone is 7. The Bertz CT molecular complexity index is 1240. The molecule has 3 N–H and O–H groups in total. The molecule has 1 unspecified atom stereocenters. The fourth-order valence-corrected chi connectivity index (χ4v) is 3.71. The minimum absolute atomic E-state index is 0.0252. The van der Waals surface area contributed by atoms with E-state index in [-0.39, 0.29) is 11.8 Å². The first-order valence-electron chi connectivity index (χ1n) is 12.0. The third-order valence-electron chi connectivity index (χ3n) is 5.32. The number of carbonyl (C=O) groups excluding carboxylic acids is 1. The summed E-state index contributed by atoms with van der Waals surface area (Å²) in [6, 6.07) is 6.00. The Morgan fingerprint density at radius 3 is 2.78 bits per heavy atom. The Balaban J connectivity index is 0.00000109. The molecule has 0 saturated carbocycles. The molecule has 4 rings (SSSR count). The predicted octanol–water partition coefficient (Wildman–Crippen LogP) is 5.79. The number of H-pyrrole nitrogens is 2. The van der Waals surface area contributed by atoms with E-state index in [0.717, 1.165) is 40.6 Å². The number of terminal acetylenes is 1. The Kier molecular flexibility index (Phi) is 11.9. The van der Waals surface area contributed by atoms with Crippen molar-refractivity contribution in [2.24, 2.45) is 0 Å². The molecule has 0 aliphatic heterocycles. The largest absolute Gasteiger partial charge is 0.352 e. The number of nitrogens with zero attached hydrogens (tertiary/aromatic N) is 3. The quantitative estimate of drug-likeness (QED) is 0.164. The Morgan fingerprint density at radius 2 is 2.03 bits per heavy atom. The van der Waals surface area contributed by atoms with Crippen molar-refractivity contribution in [1.82, 2.24) is 30.7 Å². The van der Waals surface area contributed by atoms with Crippen LogP contribution in [-0.4, -0.2) is 37.8 Å². The molecule has 1 aliphatic rings. The molecule has 1 aromatic carbocycles. The summed E-state index contributed by atoms with van der Waals surface area (Å²) in [7, 11) is 0. The van der Waals surface area contributed by atoms with Gasteiger partial charge in [-0.25, -0.2) is 4.98 Å². The van der Waals surface area contributed by atoms with Gasteiger partial charge in [0.2, 0.25) is 5.91 Å². The van der Waals surface area contributed by atoms with Gasteiger partial charge in [-0.1, -0.05) is 69.0 Å². The van der Waals surface area contributed by atoms with Crippen LogP contribution in [0.15, 0.2) is 85.3 Å². The molecule has 1 atom stereocenters. The molecule has 1 aliphatic carbocycles. The molecule has 186 valence electrons. The van der Waals surface area contributed by atoms with E-state index in [1.807, 2.05) is 50.3 Å². The van der Waals surface area contributed by atoms with Gasteiger partial charge in [-0.05, 0) is 37.5 Å². The van der Waals surface area contributed by atoms with Gasteiger partial charge in [0.15, 0.2) is 5.82 Å². The summed E-state index contributed by atoms with van der Waals surface area (Å²) in [6.45, 7) is 8.23. The van der Waals surface area contributed by atoms with Crippen molar-refractivity contribution in [1.29, 1.82) is 0 Å². The molecule has 2 heterocycles. The molecule has 3 aromatic rings. The van der Waals surface area contributed by atoms with Gasteiger partial charge in [0.25, 0.3) is 0 Å². The lowest BCUT2D eigenvalue weighted by Gasteiger charge is -2.11. The number of hydrogen-bond donors (Lipinski definition) is 3. The van der Waals surface area contributed by atoms with Gasteiger partial charge in [0, 0.05) is 29.0 Å². The summed E-state index contributed by atoms with van der Waals surface area (Å²) in [5, 5.41) is 18.5. The predicted molar refractivity (Wildman–Crippen MR) is 148 cm³/mol. The number of nitrogens with one attached hydrogen (secondary N) is 3. The molecule has 0 radical (unpaired) electrons. The summed E-state index contributed by atoms with van der Waals surface area (Å²) >= 11 is 0. The molecule has 7 heteroatoms. The van der Waals surface area contributed by atoms with Crippen LogP contribution in [0.2, 0.25) is 0 Å². The summed E-state index contributed by atoms with van der Waals surface area (Å²) in [5.41, 5.74) is 3.59. The van der Waals surface area contributed by atoms with E-state index in [1.54, 1.807) is 6.08 Å². The zero-order valence-corrected chi connectivity index (χ0v) is 20.9. The number of fused-ring (bicyclic) bond motifs is 1. The minimum atomic E-state index is -0.0252. The molecule has 0 fully saturated rings. The maximum absolute atomic E-state index is 12.8. The summed E-state index contributed by atoms with van der Waals surface area (Å²) in [4.78, 5) is 17.0. The van der Waals surface area contributed by atoms with Crippen LogP contribution in [0.4, 0.5) is 0 Å². The SMILES string of the molecule is C#C.C=C/C=C\C=C/CCNC(=O)C1=CC(c2[nH]nc3ccc(-c4ncn[nH]4)cc23)CC=CC1.CC. The van der Waals surface area contributed by atoms with Crippen LogP contribution in [0.1, 0.15) is 44.7 Å². The second-order valence-corrected chi connectivity index (χ2v) is 7.51. The molecule has 0 saturated heterocycles. The molecule has 7 nitrogen and oxygen atoms in total. The van der Waals surface area contributed by atoms with Crippen molar-refractivity contribution in [2.45, 2.75) is 39.0 Å². The second-order valence-electron chi connectivity index (χ2n) is 7.51. The Labute approximate surface area is 213 Å². The van der Waals surface area contributed by atoms with Crippen molar-refractivity contribution in [2.75, 3.05) is 6.54 Å². The number of amides is 1. The van der Waals surface area contributed by atoms with Gasteiger partial charge >= 0.3 is 0 Å². The van der Waals surface area contributed by atoms with E-state index < -0.39 is 0 Å². The summed E-state index contributed by atoms with van der Waals surface area (Å²) in [5.74, 6) is 0.723. The average Bonchev–Trinajstić information content (AvgIpc) is 3.55. The lowest BCUT2D eigenvalue weighted by Crippen LogP contribution is -2.25. The van der Waals surface area contributed by atoms with E-state index in [2.05, 4.69) is 74.4 Å². The number of aromatic amines is 2. The summed E-state index contributed by atoms with van der Waals surface area (Å²) in [6.07, 6.45) is 27.4. The first-order valence-corrected chi connectivity index (χ1v) is 12.0. The molecule has 2 aromatic heterocycles. The van der Waals surface area contributed by atoms with Gasteiger partial charge < -0.3 is 5.32 Å². The topological polar surface area (TPSA) is 99.3 Å². The standard InChI is InChI=1S/C25H26N6O.C2H6.C2H2/c1-2-3-4-5-6-9-14-26-25(32)20-11-8-7-10-18(15-20)23-21-16-19(24-27-17-28-31-24)12-13-22(21)29-30-23;2*1-2/h2-8,12-13,15-18H,1,9-11,14H2,(H,26,32)(H,29,30)(H,27,28,31);1-2H3;1-2H/b4-3-,6-5-;;. The number of rotatable bonds is 8. The van der Waals surface area contributed by atoms with Crippen LogP contribution < -0.4 is 5.32 Å². The lowest BCUT2D eigenvalue weighted by atomic mass is 9.95. The lowest BCUT2D eigenvalue weighted by molar-refractivity contribution is -0.117. The molecule has 0 spiro atoms. The van der Waals surface area contributed by atoms with Crippen molar-refractivity contribution < 1.29 is 4.79 Å². The van der Waals surface area contributed by atoms with Crippen molar-refractivity contribution in [3.63, 3.8) is 0 Å². The maximum Gasteiger partial charge on any atom is 0.247 e. The highest BCUT2D eigenvalue weighted by molar-refractivity contribution is 5.94. The molecule has 36 heavy (non-hydrogen) atoms. The number of hydrogen-bond acceptors (Lipinski definition) is 4. The minimum Gasteiger partial charge on any atom is -0.352 e. The van der Waals surface area contributed by atoms with E-state index in [4.69, 9.17) is 0 Å². The number of aromatic nitrogens is 5. The zero-order chi connectivity index (χ0) is 26.2. The average molecular weight is 483 g/mol. The third kappa shape index (κ3) is 7.54. The molecular formula is C29H34N6O. The van der Waals surface area contributed by atoms with Gasteiger partial charge in [0.05, 0.1) is 11.2 Å². The number of carbonyl (C=O) groups is 1. The van der Waals surface area contributed by atoms with Crippen molar-refractivity contribution in [3.05, 3.63) is 91.0 Å². The van der Waals surface area contributed by atoms with Gasteiger partial charge in [0.1, 0.15) is 6.33 Å². The molecular weight excluding hydrogens is 448 g/mol. The van der Waals surface area contributed by atoms with Gasteiger partial charge in [-0.2, -0.15) is 10.2 Å². The van der Waals surface area contributed by atoms with Crippen molar-refractivity contribution >= 4 is 16.8 Å². The third-order valence-corrected chi connectivity index (χ3v) is 5.32. The van der Waals surface area contributed by atoms with Crippen LogP contribution >= 0.6 is 0 Å². The fraction of sp³-hybridized carbons (Fsp3) is 0.241. The van der Waals surface area contributed by atoms with Crippen LogP contribution in [-0.2, 0) is 4.79 Å². The first kappa shape index (κ1) is 27.8. The second kappa shape index (κ2) is 15.5. The highest BCUT2D eigenvalue weighted by Gasteiger charge is 2.20. The highest BCUT2D eigenvalue weighted by Crippen LogP contribution is 2.32. The van der Waals surface area contributed by atoms with Crippen LogP contribution in [0.3, 0.4) is 0 Å². The van der Waals surface area contributed by atoms with Crippen LogP contribution in [0.25, 0.3) is 22.3 Å². The fourth-order valence-electron chi connectivity index (χ4n) is 3.71. The van der Waals surface area contributed by atoms with E-state index >= 15 is 0 Å². The highest BCUT2D eigenvalue weighted by atomic mass is 16.1. The Hall–Kier alpha value is -4.44. The Morgan fingerprint density at radius 1 is 1.19 bits per heavy atom. The van der Waals surface area contributed by atoms with E-state index in [9.17, 15) is 4.79 Å². The normalized spacial score (nSPS) is 14.9. The smallest absolute Gasteiger partial charge is 0.247 e. The van der Waals surface area contributed by atoms with Crippen molar-refractivity contribution in [3.8, 4) is 24.2 Å². The zero-order valence-electron chi connectivity index (χ0n) is 20.9. The van der Waals surface area contributed by atoms with Gasteiger partial charge in [-0.15, -0.1) is 12.8 Å². The maximum atomic E-state index is 12.8. The molecule has 1 amide bonds. The van der Waals surface area contributed by atoms with Crippen LogP contribution in [0, 0.1) is 12.8 Å². The summed E-state index contributed by atoms with van der Waals surface area (Å²) < 4.78 is 0. The van der Waals surface area contributed by atoms with E-state index in [1.165, 1.54) is 6.33 Å². The molecule has 0 bridgehead atoms.